The van der Waals surface area contributed by atoms with Gasteiger partial charge in [-0.3, -0.25) is 4.79 Å². The maximum absolute atomic E-state index is 11.2. The molecule has 0 atom stereocenters. The Kier molecular flexibility index (Phi) is 2.96. The van der Waals surface area contributed by atoms with Crippen molar-refractivity contribution < 1.29 is 5.11 Å². The summed E-state index contributed by atoms with van der Waals surface area (Å²) in [7, 11) is 0. The fourth-order valence-corrected chi connectivity index (χ4v) is 2.19. The van der Waals surface area contributed by atoms with Crippen LogP contribution in [0, 0.1) is 6.92 Å². The number of aromatic nitrogens is 2. The minimum atomic E-state index is -0.171. The summed E-state index contributed by atoms with van der Waals surface area (Å²) in [6, 6.07) is 8.26. The van der Waals surface area contributed by atoms with Crippen molar-refractivity contribution in [2.24, 2.45) is 0 Å². The lowest BCUT2D eigenvalue weighted by molar-refractivity contribution is 0.474. The molecule has 1 aromatic carbocycles. The first kappa shape index (κ1) is 10.8. The van der Waals surface area contributed by atoms with Gasteiger partial charge in [-0.2, -0.15) is 0 Å². The van der Waals surface area contributed by atoms with Crippen molar-refractivity contribution in [1.82, 2.24) is 9.97 Å². The zero-order valence-corrected chi connectivity index (χ0v) is 9.41. The second-order valence-electron chi connectivity index (χ2n) is 3.27. The molecule has 2 N–H and O–H groups in total. The molecule has 1 aromatic heterocycles. The van der Waals surface area contributed by atoms with Crippen LogP contribution in [0.2, 0.25) is 0 Å². The fraction of sp³-hybridized carbons (Fsp3) is 0.0909. The van der Waals surface area contributed by atoms with E-state index in [-0.39, 0.29) is 11.3 Å². The summed E-state index contributed by atoms with van der Waals surface area (Å²) in [4.78, 5) is 18.8. The molecule has 0 aliphatic rings. The lowest BCUT2D eigenvalue weighted by Gasteiger charge is -2.01. The van der Waals surface area contributed by atoms with Crippen molar-refractivity contribution in [2.75, 3.05) is 0 Å². The minimum Gasteiger partial charge on any atom is -0.508 e. The Bertz CT molecular complexity index is 566. The molecule has 0 fully saturated rings. The van der Waals surface area contributed by atoms with E-state index in [2.05, 4.69) is 9.97 Å². The summed E-state index contributed by atoms with van der Waals surface area (Å²) in [5.41, 5.74) is -0.171. The lowest BCUT2D eigenvalue weighted by atomic mass is 10.3. The van der Waals surface area contributed by atoms with Gasteiger partial charge in [0, 0.05) is 11.0 Å². The number of phenols is 1. The second-order valence-corrected chi connectivity index (χ2v) is 4.36. The van der Waals surface area contributed by atoms with Gasteiger partial charge < -0.3 is 10.1 Å². The Morgan fingerprint density at radius 1 is 1.38 bits per heavy atom. The highest BCUT2D eigenvalue weighted by molar-refractivity contribution is 7.99. The molecule has 82 valence electrons. The molecule has 16 heavy (non-hydrogen) atoms. The zero-order valence-electron chi connectivity index (χ0n) is 8.60. The van der Waals surface area contributed by atoms with Gasteiger partial charge in [-0.15, -0.1) is 0 Å². The van der Waals surface area contributed by atoms with Gasteiger partial charge >= 0.3 is 0 Å². The molecule has 2 rings (SSSR count). The number of phenolic OH excluding ortho intramolecular Hbond substituents is 1. The van der Waals surface area contributed by atoms with Crippen LogP contribution in [0.5, 0.6) is 5.75 Å². The quantitative estimate of drug-likeness (QED) is 0.779. The molecular weight excluding hydrogens is 224 g/mol. The number of hydrogen-bond donors (Lipinski definition) is 2. The number of benzene rings is 1. The largest absolute Gasteiger partial charge is 0.508 e. The first-order chi connectivity index (χ1) is 7.63. The monoisotopic (exact) mass is 234 g/mol. The molecule has 0 spiro atoms. The van der Waals surface area contributed by atoms with Crippen LogP contribution >= 0.6 is 11.8 Å². The van der Waals surface area contributed by atoms with Crippen LogP contribution in [0.3, 0.4) is 0 Å². The van der Waals surface area contributed by atoms with E-state index in [0.717, 1.165) is 4.90 Å². The van der Waals surface area contributed by atoms with Gasteiger partial charge in [0.1, 0.15) is 16.6 Å². The molecular formula is C11H10N2O2S. The van der Waals surface area contributed by atoms with Gasteiger partial charge in [-0.1, -0.05) is 17.8 Å². The molecule has 0 saturated heterocycles. The number of hydrogen-bond acceptors (Lipinski definition) is 4. The molecule has 0 aliphatic carbocycles. The minimum absolute atomic E-state index is 0.171. The molecule has 0 radical (unpaired) electrons. The van der Waals surface area contributed by atoms with Gasteiger partial charge in [0.2, 0.25) is 0 Å². The van der Waals surface area contributed by atoms with Crippen LogP contribution in [-0.4, -0.2) is 15.1 Å². The fourth-order valence-electron chi connectivity index (χ4n) is 1.27. The van der Waals surface area contributed by atoms with Crippen LogP contribution < -0.4 is 5.56 Å². The van der Waals surface area contributed by atoms with E-state index in [4.69, 9.17) is 0 Å². The topological polar surface area (TPSA) is 66.0 Å². The van der Waals surface area contributed by atoms with E-state index in [1.165, 1.54) is 17.8 Å². The first-order valence-electron chi connectivity index (χ1n) is 4.68. The van der Waals surface area contributed by atoms with Gasteiger partial charge in [-0.05, 0) is 25.1 Å². The van der Waals surface area contributed by atoms with Crippen molar-refractivity contribution >= 4 is 11.8 Å². The normalized spacial score (nSPS) is 10.3. The third kappa shape index (κ3) is 2.64. The maximum atomic E-state index is 11.2. The highest BCUT2D eigenvalue weighted by Crippen LogP contribution is 2.27. The molecule has 1 heterocycles. The van der Waals surface area contributed by atoms with E-state index in [0.29, 0.717) is 10.9 Å². The van der Waals surface area contributed by atoms with Crippen LogP contribution in [0.4, 0.5) is 0 Å². The number of aryl methyl sites for hydroxylation is 1. The molecule has 0 amide bonds. The standard InChI is InChI=1S/C11H10N2O2S/c1-7-12-10(15)6-11(13-7)16-9-4-2-3-8(14)5-9/h2-6,14H,1H3,(H,12,13,15). The Morgan fingerprint density at radius 2 is 2.19 bits per heavy atom. The van der Waals surface area contributed by atoms with Crippen LogP contribution in [-0.2, 0) is 0 Å². The van der Waals surface area contributed by atoms with Gasteiger partial charge in [0.15, 0.2) is 0 Å². The summed E-state index contributed by atoms with van der Waals surface area (Å²) in [5.74, 6) is 0.779. The average Bonchev–Trinajstić information content (AvgIpc) is 2.15. The second kappa shape index (κ2) is 4.40. The maximum Gasteiger partial charge on any atom is 0.251 e. The van der Waals surface area contributed by atoms with Crippen molar-refractivity contribution in [3.8, 4) is 5.75 Å². The number of nitrogens with one attached hydrogen (secondary N) is 1. The molecule has 4 nitrogen and oxygen atoms in total. The summed E-state index contributed by atoms with van der Waals surface area (Å²) < 4.78 is 0. The van der Waals surface area contributed by atoms with E-state index >= 15 is 0 Å². The summed E-state index contributed by atoms with van der Waals surface area (Å²) >= 11 is 1.34. The third-order valence-corrected chi connectivity index (χ3v) is 2.78. The van der Waals surface area contributed by atoms with E-state index in [9.17, 15) is 9.90 Å². The Morgan fingerprint density at radius 3 is 2.88 bits per heavy atom. The van der Waals surface area contributed by atoms with Crippen LogP contribution in [0.1, 0.15) is 5.82 Å². The Labute approximate surface area is 96.4 Å². The van der Waals surface area contributed by atoms with Gasteiger partial charge in [0.25, 0.3) is 5.56 Å². The zero-order chi connectivity index (χ0) is 11.5. The highest BCUT2D eigenvalue weighted by atomic mass is 32.2. The van der Waals surface area contributed by atoms with E-state index in [1.807, 2.05) is 6.07 Å². The predicted molar refractivity (Wildman–Crippen MR) is 61.8 cm³/mol. The average molecular weight is 234 g/mol. The van der Waals surface area contributed by atoms with Crippen molar-refractivity contribution in [3.05, 3.63) is 46.5 Å². The molecule has 5 heteroatoms. The summed E-state index contributed by atoms with van der Waals surface area (Å²) in [5, 5.41) is 9.92. The SMILES string of the molecule is Cc1nc(Sc2cccc(O)c2)cc(=O)[nH]1. The molecule has 0 bridgehead atoms. The van der Waals surface area contributed by atoms with Crippen molar-refractivity contribution in [3.63, 3.8) is 0 Å². The molecule has 0 aliphatic heterocycles. The Hall–Kier alpha value is -1.75. The lowest BCUT2D eigenvalue weighted by Crippen LogP contribution is -2.07. The van der Waals surface area contributed by atoms with Gasteiger partial charge in [-0.25, -0.2) is 4.98 Å². The summed E-state index contributed by atoms with van der Waals surface area (Å²) in [6.07, 6.45) is 0. The highest BCUT2D eigenvalue weighted by Gasteiger charge is 2.01. The van der Waals surface area contributed by atoms with Crippen LogP contribution in [0.25, 0.3) is 0 Å². The number of aromatic hydroxyl groups is 1. The molecule has 2 aromatic rings. The first-order valence-corrected chi connectivity index (χ1v) is 5.50. The number of nitrogens with zero attached hydrogens (tertiary/aromatic N) is 1. The van der Waals surface area contributed by atoms with E-state index in [1.54, 1.807) is 25.1 Å². The van der Waals surface area contributed by atoms with E-state index < -0.39 is 0 Å². The smallest absolute Gasteiger partial charge is 0.251 e. The molecule has 0 unspecified atom stereocenters. The van der Waals surface area contributed by atoms with Crippen molar-refractivity contribution in [1.29, 1.82) is 0 Å². The number of aromatic amines is 1. The predicted octanol–water partition coefficient (Wildman–Crippen LogP) is 1.94. The number of H-pyrrole nitrogens is 1. The van der Waals surface area contributed by atoms with Crippen molar-refractivity contribution in [2.45, 2.75) is 16.8 Å². The third-order valence-electron chi connectivity index (χ3n) is 1.88. The van der Waals surface area contributed by atoms with Crippen LogP contribution in [0.15, 0.2) is 45.0 Å². The number of rotatable bonds is 2. The van der Waals surface area contributed by atoms with Gasteiger partial charge in [0.05, 0.1) is 0 Å². The molecule has 0 saturated carbocycles. The summed E-state index contributed by atoms with van der Waals surface area (Å²) in [6.45, 7) is 1.73. The Balaban J connectivity index is 2.30.